The third-order valence-electron chi connectivity index (χ3n) is 3.70. The maximum atomic E-state index is 11.9. The minimum absolute atomic E-state index is 0.0209. The molecule has 134 valence electrons. The maximum Gasteiger partial charge on any atom is 0.337 e. The third-order valence-corrected chi connectivity index (χ3v) is 3.70. The molecule has 0 saturated carbocycles. The van der Waals surface area contributed by atoms with Crippen LogP contribution in [0.25, 0.3) is 5.69 Å². The average molecular weight is 355 g/mol. The van der Waals surface area contributed by atoms with Gasteiger partial charge in [-0.2, -0.15) is 0 Å². The molecular weight excluding hydrogens is 338 g/mol. The number of benzene rings is 1. The number of aromatic nitrogens is 3. The van der Waals surface area contributed by atoms with Crippen molar-refractivity contribution in [1.29, 1.82) is 0 Å². The first-order valence-corrected chi connectivity index (χ1v) is 7.86. The zero-order chi connectivity index (χ0) is 18.5. The SMILES string of the molecule is O=C(O)c1ccc(=O)n(-c2ccc(OC[C@H](O)Cn3ccnc3)cc2)c1. The first-order valence-electron chi connectivity index (χ1n) is 7.86. The summed E-state index contributed by atoms with van der Waals surface area (Å²) < 4.78 is 8.53. The highest BCUT2D eigenvalue weighted by Gasteiger charge is 2.08. The van der Waals surface area contributed by atoms with E-state index in [0.717, 1.165) is 0 Å². The number of hydrogen-bond donors (Lipinski definition) is 2. The van der Waals surface area contributed by atoms with Crippen LogP contribution in [-0.2, 0) is 6.54 Å². The van der Waals surface area contributed by atoms with Crippen LogP contribution in [0.2, 0.25) is 0 Å². The number of carbonyl (C=O) groups is 1. The molecule has 0 fully saturated rings. The van der Waals surface area contributed by atoms with E-state index < -0.39 is 12.1 Å². The van der Waals surface area contributed by atoms with Gasteiger partial charge in [0.05, 0.1) is 18.4 Å². The van der Waals surface area contributed by atoms with E-state index in [4.69, 9.17) is 9.84 Å². The fraction of sp³-hybridized carbons (Fsp3) is 0.167. The summed E-state index contributed by atoms with van der Waals surface area (Å²) in [6, 6.07) is 9.06. The standard InChI is InChI=1S/C18H17N3O5/c22-15(10-20-8-7-19-12-20)11-26-16-4-2-14(3-5-16)21-9-13(18(24)25)1-6-17(21)23/h1-9,12,15,22H,10-11H2,(H,24,25)/t15-/m1/s1. The lowest BCUT2D eigenvalue weighted by Gasteiger charge is -2.13. The van der Waals surface area contributed by atoms with Gasteiger partial charge in [0.15, 0.2) is 0 Å². The maximum absolute atomic E-state index is 11.9. The fourth-order valence-electron chi connectivity index (χ4n) is 2.40. The molecule has 0 bridgehead atoms. The molecule has 3 rings (SSSR count). The van der Waals surface area contributed by atoms with E-state index in [0.29, 0.717) is 18.0 Å². The van der Waals surface area contributed by atoms with E-state index in [1.165, 1.54) is 22.9 Å². The summed E-state index contributed by atoms with van der Waals surface area (Å²) in [5.74, 6) is -0.577. The quantitative estimate of drug-likeness (QED) is 0.659. The summed E-state index contributed by atoms with van der Waals surface area (Å²) in [5.41, 5.74) is 0.205. The number of aliphatic hydroxyl groups excluding tert-OH is 1. The van der Waals surface area contributed by atoms with Crippen LogP contribution < -0.4 is 10.3 Å². The highest BCUT2D eigenvalue weighted by Crippen LogP contribution is 2.15. The number of aliphatic hydroxyl groups is 1. The number of nitrogens with zero attached hydrogens (tertiary/aromatic N) is 3. The molecule has 0 unspecified atom stereocenters. The second-order valence-corrected chi connectivity index (χ2v) is 5.65. The van der Waals surface area contributed by atoms with E-state index in [-0.39, 0.29) is 17.7 Å². The number of carboxylic acids is 1. The van der Waals surface area contributed by atoms with Gasteiger partial charge in [-0.3, -0.25) is 9.36 Å². The highest BCUT2D eigenvalue weighted by molar-refractivity contribution is 5.87. The molecule has 0 amide bonds. The second kappa shape index (κ2) is 7.66. The average Bonchev–Trinajstić information content (AvgIpc) is 3.13. The summed E-state index contributed by atoms with van der Waals surface area (Å²) in [6.45, 7) is 0.474. The first-order chi connectivity index (χ1) is 12.5. The van der Waals surface area contributed by atoms with Crippen LogP contribution in [0.5, 0.6) is 5.75 Å². The molecule has 0 saturated heterocycles. The van der Waals surface area contributed by atoms with Crippen LogP contribution in [0.3, 0.4) is 0 Å². The monoisotopic (exact) mass is 355 g/mol. The molecule has 2 heterocycles. The molecule has 0 aliphatic rings. The lowest BCUT2D eigenvalue weighted by molar-refractivity contribution is 0.0696. The molecule has 3 aromatic rings. The Morgan fingerprint density at radius 1 is 1.19 bits per heavy atom. The zero-order valence-electron chi connectivity index (χ0n) is 13.7. The first kappa shape index (κ1) is 17.4. The van der Waals surface area contributed by atoms with Gasteiger partial charge in [-0.05, 0) is 30.3 Å². The van der Waals surface area contributed by atoms with Crippen molar-refractivity contribution in [2.45, 2.75) is 12.6 Å². The fourth-order valence-corrected chi connectivity index (χ4v) is 2.40. The summed E-state index contributed by atoms with van der Waals surface area (Å²) in [5, 5.41) is 19.0. The number of rotatable bonds is 7. The second-order valence-electron chi connectivity index (χ2n) is 5.65. The van der Waals surface area contributed by atoms with Crippen molar-refractivity contribution in [3.8, 4) is 11.4 Å². The van der Waals surface area contributed by atoms with Crippen LogP contribution in [-0.4, -0.2) is 43.0 Å². The molecular formula is C18H17N3O5. The van der Waals surface area contributed by atoms with Crippen LogP contribution in [0.4, 0.5) is 0 Å². The van der Waals surface area contributed by atoms with E-state index in [1.807, 2.05) is 0 Å². The number of ether oxygens (including phenoxy) is 1. The number of hydrogen-bond acceptors (Lipinski definition) is 5. The molecule has 1 aromatic carbocycles. The van der Waals surface area contributed by atoms with Gasteiger partial charge in [0.2, 0.25) is 0 Å². The van der Waals surface area contributed by atoms with Gasteiger partial charge in [-0.25, -0.2) is 9.78 Å². The van der Waals surface area contributed by atoms with Gasteiger partial charge in [0.25, 0.3) is 5.56 Å². The molecule has 8 heteroatoms. The van der Waals surface area contributed by atoms with Crippen molar-refractivity contribution in [2.24, 2.45) is 0 Å². The summed E-state index contributed by atoms with van der Waals surface area (Å²) >= 11 is 0. The predicted octanol–water partition coefficient (Wildman–Crippen LogP) is 1.17. The minimum Gasteiger partial charge on any atom is -0.491 e. The molecule has 2 aromatic heterocycles. The summed E-state index contributed by atoms with van der Waals surface area (Å²) in [7, 11) is 0. The van der Waals surface area contributed by atoms with Gasteiger partial charge >= 0.3 is 5.97 Å². The van der Waals surface area contributed by atoms with Crippen LogP contribution in [0, 0.1) is 0 Å². The molecule has 1 atom stereocenters. The van der Waals surface area contributed by atoms with Gasteiger partial charge in [-0.1, -0.05) is 0 Å². The molecule has 0 radical (unpaired) electrons. The largest absolute Gasteiger partial charge is 0.491 e. The van der Waals surface area contributed by atoms with E-state index >= 15 is 0 Å². The Bertz CT molecular complexity index is 932. The van der Waals surface area contributed by atoms with Gasteiger partial charge < -0.3 is 19.5 Å². The summed E-state index contributed by atoms with van der Waals surface area (Å²) in [6.07, 6.45) is 5.57. The topological polar surface area (TPSA) is 107 Å². The minimum atomic E-state index is -1.11. The Labute approximate surface area is 148 Å². The highest BCUT2D eigenvalue weighted by atomic mass is 16.5. The lowest BCUT2D eigenvalue weighted by Crippen LogP contribution is -2.23. The van der Waals surface area contributed by atoms with Crippen molar-refractivity contribution < 1.29 is 19.7 Å². The molecule has 0 aliphatic heterocycles. The Morgan fingerprint density at radius 3 is 2.62 bits per heavy atom. The van der Waals surface area contributed by atoms with Crippen molar-refractivity contribution in [3.63, 3.8) is 0 Å². The summed E-state index contributed by atoms with van der Waals surface area (Å²) in [4.78, 5) is 26.9. The Kier molecular flexibility index (Phi) is 5.14. The van der Waals surface area contributed by atoms with Crippen molar-refractivity contribution in [2.75, 3.05) is 6.61 Å². The third kappa shape index (κ3) is 4.17. The smallest absolute Gasteiger partial charge is 0.337 e. The van der Waals surface area contributed by atoms with Crippen LogP contribution in [0.15, 0.2) is 66.1 Å². The van der Waals surface area contributed by atoms with E-state index in [9.17, 15) is 14.7 Å². The predicted molar refractivity (Wildman–Crippen MR) is 92.7 cm³/mol. The number of carboxylic acid groups (broad SMARTS) is 1. The van der Waals surface area contributed by atoms with Gasteiger partial charge in [0.1, 0.15) is 18.5 Å². The van der Waals surface area contributed by atoms with Crippen LogP contribution in [0.1, 0.15) is 10.4 Å². The van der Waals surface area contributed by atoms with Crippen molar-refractivity contribution in [1.82, 2.24) is 14.1 Å². The molecule has 8 nitrogen and oxygen atoms in total. The van der Waals surface area contributed by atoms with Crippen LogP contribution >= 0.6 is 0 Å². The van der Waals surface area contributed by atoms with Crippen molar-refractivity contribution in [3.05, 3.63) is 77.2 Å². The van der Waals surface area contributed by atoms with E-state index in [1.54, 1.807) is 47.6 Å². The lowest BCUT2D eigenvalue weighted by atomic mass is 10.2. The number of imidazole rings is 1. The normalized spacial score (nSPS) is 11.9. The molecule has 2 N–H and O–H groups in total. The van der Waals surface area contributed by atoms with Crippen molar-refractivity contribution >= 4 is 5.97 Å². The van der Waals surface area contributed by atoms with E-state index in [2.05, 4.69) is 4.98 Å². The van der Waals surface area contributed by atoms with Gasteiger partial charge in [-0.15, -0.1) is 0 Å². The van der Waals surface area contributed by atoms with Gasteiger partial charge in [0, 0.05) is 30.3 Å². The Hall–Kier alpha value is -3.39. The molecule has 0 aliphatic carbocycles. The number of aromatic carboxylic acids is 1. The Balaban J connectivity index is 1.66. The Morgan fingerprint density at radius 2 is 1.96 bits per heavy atom. The molecule has 26 heavy (non-hydrogen) atoms. The molecule has 0 spiro atoms. The zero-order valence-corrected chi connectivity index (χ0v) is 13.7. The number of pyridine rings is 1.